The minimum Gasteiger partial charge on any atom is -0.759 e. The third kappa shape index (κ3) is 9.66. The summed E-state index contributed by atoms with van der Waals surface area (Å²) in [5.74, 6) is -2.03. The van der Waals surface area contributed by atoms with Crippen LogP contribution in [0.2, 0.25) is 0 Å². The summed E-state index contributed by atoms with van der Waals surface area (Å²) < 4.78 is 40.2. The van der Waals surface area contributed by atoms with Crippen LogP contribution in [-0.4, -0.2) is 90.3 Å². The SMILES string of the molecule is O=S(=O)([O-])[O-].[NH3+][C@@H](CC(=O)Nc1ccn([C@@H]2O[C@H](CO)[C@H](O)C2O)c(=O)n1)C(=O)O.[Na+]. The second-order valence-corrected chi connectivity index (χ2v) is 6.74. The maximum absolute atomic E-state index is 12.0. The number of carbonyl (C=O) groups excluding carboxylic acids is 1. The largest absolute Gasteiger partial charge is 1.00 e. The van der Waals surface area contributed by atoms with Gasteiger partial charge in [-0.1, -0.05) is 0 Å². The summed E-state index contributed by atoms with van der Waals surface area (Å²) >= 11 is 0. The van der Waals surface area contributed by atoms with Crippen LogP contribution < -0.4 is 46.3 Å². The summed E-state index contributed by atoms with van der Waals surface area (Å²) in [6.07, 6.45) is -4.31. The molecule has 2 heterocycles. The number of hydrogen-bond donors (Lipinski definition) is 6. The Morgan fingerprint density at radius 1 is 1.32 bits per heavy atom. The van der Waals surface area contributed by atoms with Gasteiger partial charge in [-0.05, 0) is 6.07 Å². The van der Waals surface area contributed by atoms with Crippen molar-refractivity contribution in [2.75, 3.05) is 11.9 Å². The molecule has 5 atom stereocenters. The number of aliphatic hydroxyl groups is 3. The molecule has 170 valence electrons. The van der Waals surface area contributed by atoms with Crippen LogP contribution >= 0.6 is 0 Å². The Bertz CT molecular complexity index is 917. The molecule has 31 heavy (non-hydrogen) atoms. The number of amides is 1. The number of carboxylic acid groups (broad SMARTS) is 1. The van der Waals surface area contributed by atoms with E-state index in [-0.39, 0.29) is 35.4 Å². The number of hydrogen-bond acceptors (Lipinski definition) is 12. The molecule has 1 unspecified atom stereocenters. The molecule has 0 aromatic carbocycles. The van der Waals surface area contributed by atoms with Gasteiger partial charge in [-0.15, -0.1) is 0 Å². The van der Waals surface area contributed by atoms with Crippen LogP contribution in [0.25, 0.3) is 0 Å². The summed E-state index contributed by atoms with van der Waals surface area (Å²) in [6, 6.07) is 0.103. The molecule has 1 aliphatic rings. The molecule has 1 aromatic heterocycles. The molecule has 2 rings (SSSR count). The van der Waals surface area contributed by atoms with E-state index in [0.29, 0.717) is 0 Å². The van der Waals surface area contributed by atoms with E-state index < -0.39 is 71.6 Å². The molecule has 0 spiro atoms. The first-order valence-electron chi connectivity index (χ1n) is 7.98. The molecule has 1 saturated heterocycles. The van der Waals surface area contributed by atoms with Crippen molar-refractivity contribution in [1.82, 2.24) is 9.55 Å². The Hall–Kier alpha value is -1.51. The van der Waals surface area contributed by atoms with Crippen LogP contribution in [0.4, 0.5) is 5.82 Å². The maximum Gasteiger partial charge on any atom is 1.00 e. The zero-order valence-electron chi connectivity index (χ0n) is 16.0. The first-order chi connectivity index (χ1) is 13.7. The number of carbonyl (C=O) groups is 2. The molecule has 0 aliphatic carbocycles. The molecule has 1 fully saturated rings. The second-order valence-electron chi connectivity index (χ2n) is 5.93. The molecule has 0 bridgehead atoms. The topological polar surface area (TPSA) is 279 Å². The number of aliphatic hydroxyl groups excluding tert-OH is 3. The monoisotopic (exact) mass is 478 g/mol. The zero-order chi connectivity index (χ0) is 23.2. The van der Waals surface area contributed by atoms with Gasteiger partial charge in [0.25, 0.3) is 0 Å². The van der Waals surface area contributed by atoms with Gasteiger partial charge in [0.1, 0.15) is 24.1 Å². The maximum atomic E-state index is 12.0. The van der Waals surface area contributed by atoms with Crippen molar-refractivity contribution in [3.8, 4) is 0 Å². The summed E-state index contributed by atoms with van der Waals surface area (Å²) in [4.78, 5) is 38.0. The Labute approximate surface area is 196 Å². The number of carboxylic acids is 1. The molecule has 0 saturated carbocycles. The van der Waals surface area contributed by atoms with Crippen molar-refractivity contribution in [1.29, 1.82) is 0 Å². The number of quaternary nitrogens is 1. The van der Waals surface area contributed by atoms with Crippen LogP contribution in [0.5, 0.6) is 0 Å². The molecular weight excluding hydrogens is 459 g/mol. The summed E-state index contributed by atoms with van der Waals surface area (Å²) in [5, 5.41) is 39.6. The third-order valence-electron chi connectivity index (χ3n) is 3.67. The van der Waals surface area contributed by atoms with Crippen molar-refractivity contribution >= 4 is 28.1 Å². The van der Waals surface area contributed by atoms with Crippen molar-refractivity contribution in [2.45, 2.75) is 37.0 Å². The molecule has 0 radical (unpaired) electrons. The normalized spacial score (nSPS) is 23.7. The Morgan fingerprint density at radius 3 is 2.29 bits per heavy atom. The quantitative estimate of drug-likeness (QED) is 0.126. The minimum absolute atomic E-state index is 0. The number of nitrogens with zero attached hydrogens (tertiary/aromatic N) is 2. The Balaban J connectivity index is 0.00000135. The zero-order valence-corrected chi connectivity index (χ0v) is 18.8. The van der Waals surface area contributed by atoms with Gasteiger partial charge >= 0.3 is 41.2 Å². The van der Waals surface area contributed by atoms with Crippen molar-refractivity contribution in [3.63, 3.8) is 0 Å². The summed E-state index contributed by atoms with van der Waals surface area (Å²) in [7, 11) is -5.17. The van der Waals surface area contributed by atoms with Crippen LogP contribution in [0.15, 0.2) is 17.1 Å². The molecule has 8 N–H and O–H groups in total. The van der Waals surface area contributed by atoms with Crippen molar-refractivity contribution in [2.24, 2.45) is 0 Å². The molecule has 1 amide bonds. The number of rotatable bonds is 6. The van der Waals surface area contributed by atoms with E-state index in [1.165, 1.54) is 12.3 Å². The van der Waals surface area contributed by atoms with Crippen molar-refractivity contribution in [3.05, 3.63) is 22.7 Å². The molecular formula is C13H19N4NaO12S. The second kappa shape index (κ2) is 12.5. The van der Waals surface area contributed by atoms with Gasteiger partial charge in [0.15, 0.2) is 12.3 Å². The summed E-state index contributed by atoms with van der Waals surface area (Å²) in [6.45, 7) is -0.541. The fraction of sp³-hybridized carbons (Fsp3) is 0.538. The molecule has 16 nitrogen and oxygen atoms in total. The van der Waals surface area contributed by atoms with Crippen LogP contribution in [0, 0.1) is 0 Å². The van der Waals surface area contributed by atoms with Gasteiger partial charge < -0.3 is 45.3 Å². The third-order valence-corrected chi connectivity index (χ3v) is 3.67. The van der Waals surface area contributed by atoms with E-state index in [1.54, 1.807) is 0 Å². The smallest absolute Gasteiger partial charge is 0.759 e. The van der Waals surface area contributed by atoms with Gasteiger partial charge in [-0.2, -0.15) is 4.98 Å². The van der Waals surface area contributed by atoms with E-state index in [0.717, 1.165) is 4.57 Å². The van der Waals surface area contributed by atoms with E-state index in [9.17, 15) is 24.6 Å². The van der Waals surface area contributed by atoms with Gasteiger partial charge in [-0.25, -0.2) is 9.59 Å². The Morgan fingerprint density at radius 2 is 1.87 bits per heavy atom. The number of aromatic nitrogens is 2. The van der Waals surface area contributed by atoms with Crippen LogP contribution in [0.1, 0.15) is 12.6 Å². The summed E-state index contributed by atoms with van der Waals surface area (Å²) in [5.41, 5.74) is 2.42. The fourth-order valence-corrected chi connectivity index (χ4v) is 2.29. The first kappa shape index (κ1) is 29.5. The van der Waals surface area contributed by atoms with Crippen LogP contribution in [-0.2, 0) is 24.7 Å². The molecule has 18 heteroatoms. The van der Waals surface area contributed by atoms with Gasteiger partial charge in [0, 0.05) is 16.6 Å². The van der Waals surface area contributed by atoms with E-state index in [2.05, 4.69) is 16.0 Å². The first-order valence-corrected chi connectivity index (χ1v) is 9.32. The van der Waals surface area contributed by atoms with Gasteiger partial charge in [0.05, 0.1) is 13.0 Å². The fourth-order valence-electron chi connectivity index (χ4n) is 2.29. The average molecular weight is 478 g/mol. The Kier molecular flexibility index (Phi) is 11.9. The standard InChI is InChI=1S/C13H18N4O8.Na.H2O4S/c14-5(12(22)23)3-8(19)15-7-1-2-17(13(24)16-7)11-10(21)9(20)6(4-18)25-11;;1-5(2,3)4/h1-2,5-6,9-11,18,20-21H,3-4,14H2,(H,22,23)(H,15,16,19,24);;(H2,1,2,3,4)/q;+1;/p-1/t5-,6+,9-,10?,11+;;/m0../s1. The van der Waals surface area contributed by atoms with E-state index >= 15 is 0 Å². The number of anilines is 1. The number of nitrogens with one attached hydrogen (secondary N) is 1. The molecule has 1 aliphatic heterocycles. The van der Waals surface area contributed by atoms with Gasteiger partial charge in [-0.3, -0.25) is 17.8 Å². The number of ether oxygens (including phenoxy) is 1. The predicted molar refractivity (Wildman–Crippen MR) is 89.5 cm³/mol. The predicted octanol–water partition coefficient (Wildman–Crippen LogP) is -8.46. The van der Waals surface area contributed by atoms with Crippen molar-refractivity contribution < 1.29 is 87.6 Å². The van der Waals surface area contributed by atoms with E-state index in [1.807, 2.05) is 0 Å². The van der Waals surface area contributed by atoms with Crippen LogP contribution in [0.3, 0.4) is 0 Å². The average Bonchev–Trinajstić information content (AvgIpc) is 2.88. The van der Waals surface area contributed by atoms with E-state index in [4.69, 9.17) is 32.5 Å². The minimum atomic E-state index is -5.17. The van der Waals surface area contributed by atoms with Gasteiger partial charge in [0.2, 0.25) is 5.91 Å². The molecule has 1 aromatic rings. The number of aliphatic carboxylic acids is 1.